The van der Waals surface area contributed by atoms with E-state index in [2.05, 4.69) is 5.43 Å². The first kappa shape index (κ1) is 13.8. The van der Waals surface area contributed by atoms with Gasteiger partial charge < -0.3 is 0 Å². The van der Waals surface area contributed by atoms with E-state index in [9.17, 15) is 8.78 Å². The molecule has 2 atom stereocenters. The van der Waals surface area contributed by atoms with Crippen LogP contribution in [0.3, 0.4) is 0 Å². The summed E-state index contributed by atoms with van der Waals surface area (Å²) in [5.41, 5.74) is 3.13. The van der Waals surface area contributed by atoms with E-state index in [4.69, 9.17) is 5.84 Å². The molecule has 1 saturated heterocycles. The van der Waals surface area contributed by atoms with Gasteiger partial charge in [0.05, 0.1) is 6.04 Å². The minimum Gasteiger partial charge on any atom is -0.271 e. The van der Waals surface area contributed by atoms with Crippen molar-refractivity contribution >= 4 is 11.8 Å². The number of hydrogen-bond acceptors (Lipinski definition) is 3. The van der Waals surface area contributed by atoms with Gasteiger partial charge in [-0.15, -0.1) is 0 Å². The first-order valence-electron chi connectivity index (χ1n) is 6.17. The Hall–Kier alpha value is -0.650. The molecule has 100 valence electrons. The Morgan fingerprint density at radius 2 is 2.17 bits per heavy atom. The molecular formula is C13H18F2N2S. The van der Waals surface area contributed by atoms with Crippen LogP contribution in [0.25, 0.3) is 0 Å². The Kier molecular flexibility index (Phi) is 4.59. The molecule has 1 aromatic rings. The van der Waals surface area contributed by atoms with Crippen LogP contribution in [-0.4, -0.2) is 11.0 Å². The third-order valence-corrected chi connectivity index (χ3v) is 4.86. The Balaban J connectivity index is 2.34. The fourth-order valence-corrected chi connectivity index (χ4v) is 3.78. The molecule has 3 N–H and O–H groups in total. The largest absolute Gasteiger partial charge is 0.271 e. The molecule has 5 heteroatoms. The van der Waals surface area contributed by atoms with Crippen molar-refractivity contribution in [1.82, 2.24) is 5.43 Å². The van der Waals surface area contributed by atoms with E-state index in [1.165, 1.54) is 12.1 Å². The molecule has 0 amide bonds. The third kappa shape index (κ3) is 2.68. The van der Waals surface area contributed by atoms with Gasteiger partial charge in [0, 0.05) is 10.8 Å². The summed E-state index contributed by atoms with van der Waals surface area (Å²) in [5, 5.41) is 0.134. The number of rotatable bonds is 3. The monoisotopic (exact) mass is 272 g/mol. The highest BCUT2D eigenvalue weighted by molar-refractivity contribution is 8.00. The van der Waals surface area contributed by atoms with Crippen LogP contribution in [0.2, 0.25) is 0 Å². The fourth-order valence-electron chi connectivity index (χ4n) is 2.37. The first-order chi connectivity index (χ1) is 8.65. The van der Waals surface area contributed by atoms with Gasteiger partial charge in [-0.05, 0) is 37.1 Å². The summed E-state index contributed by atoms with van der Waals surface area (Å²) in [6.45, 7) is 1.64. The van der Waals surface area contributed by atoms with E-state index in [0.29, 0.717) is 5.56 Å². The zero-order chi connectivity index (χ0) is 13.1. The molecule has 1 heterocycles. The van der Waals surface area contributed by atoms with E-state index >= 15 is 0 Å². The third-order valence-electron chi connectivity index (χ3n) is 3.40. The molecule has 0 bridgehead atoms. The number of benzene rings is 1. The summed E-state index contributed by atoms with van der Waals surface area (Å²) in [6.07, 6.45) is 3.19. The van der Waals surface area contributed by atoms with Crippen molar-refractivity contribution in [1.29, 1.82) is 0 Å². The predicted octanol–water partition coefficient (Wildman–Crippen LogP) is 3.06. The Labute approximate surface area is 110 Å². The Morgan fingerprint density at radius 3 is 2.78 bits per heavy atom. The fraction of sp³-hybridized carbons (Fsp3) is 0.538. The number of nitrogens with two attached hydrogens (primary N) is 1. The molecule has 0 aromatic heterocycles. The van der Waals surface area contributed by atoms with E-state index in [-0.39, 0.29) is 10.8 Å². The number of thioether (sulfide) groups is 1. The highest BCUT2D eigenvalue weighted by Gasteiger charge is 2.29. The molecule has 0 radical (unpaired) electrons. The van der Waals surface area contributed by atoms with E-state index in [1.807, 2.05) is 0 Å². The zero-order valence-electron chi connectivity index (χ0n) is 10.4. The molecule has 18 heavy (non-hydrogen) atoms. The van der Waals surface area contributed by atoms with Gasteiger partial charge in [0.1, 0.15) is 11.6 Å². The van der Waals surface area contributed by atoms with E-state index in [1.54, 1.807) is 18.7 Å². The van der Waals surface area contributed by atoms with Crippen molar-refractivity contribution in [3.63, 3.8) is 0 Å². The van der Waals surface area contributed by atoms with Crippen molar-refractivity contribution in [3.8, 4) is 0 Å². The lowest BCUT2D eigenvalue weighted by Crippen LogP contribution is -2.37. The smallest absolute Gasteiger partial charge is 0.133 e. The van der Waals surface area contributed by atoms with Crippen molar-refractivity contribution in [2.45, 2.75) is 37.5 Å². The van der Waals surface area contributed by atoms with Gasteiger partial charge in [0.2, 0.25) is 0 Å². The van der Waals surface area contributed by atoms with Crippen LogP contribution in [0.15, 0.2) is 12.1 Å². The second-order valence-corrected chi connectivity index (χ2v) is 5.99. The summed E-state index contributed by atoms with van der Waals surface area (Å²) in [4.78, 5) is 0. The van der Waals surface area contributed by atoms with Crippen LogP contribution < -0.4 is 11.3 Å². The van der Waals surface area contributed by atoms with Crippen LogP contribution in [0.4, 0.5) is 8.78 Å². The SMILES string of the molecule is Cc1ccc(F)c(C(NN)C2CCCCS2)c1F. The standard InChI is InChI=1S/C13H18F2N2S/c1-8-5-6-9(14)11(12(8)15)13(17-16)10-4-2-3-7-18-10/h5-6,10,13,17H,2-4,7,16H2,1H3. The Bertz CT molecular complexity index is 420. The molecule has 0 saturated carbocycles. The number of hydrazine groups is 1. The summed E-state index contributed by atoms with van der Waals surface area (Å²) in [7, 11) is 0. The first-order valence-corrected chi connectivity index (χ1v) is 7.22. The second kappa shape index (κ2) is 5.99. The van der Waals surface area contributed by atoms with Crippen molar-refractivity contribution in [3.05, 3.63) is 34.9 Å². The van der Waals surface area contributed by atoms with Crippen LogP contribution >= 0.6 is 11.8 Å². The number of halogens is 2. The van der Waals surface area contributed by atoms with E-state index in [0.717, 1.165) is 25.0 Å². The van der Waals surface area contributed by atoms with Gasteiger partial charge >= 0.3 is 0 Å². The lowest BCUT2D eigenvalue weighted by Gasteiger charge is -2.30. The minimum absolute atomic E-state index is 0.0805. The summed E-state index contributed by atoms with van der Waals surface area (Å²) >= 11 is 1.74. The summed E-state index contributed by atoms with van der Waals surface area (Å²) < 4.78 is 28.0. The highest BCUT2D eigenvalue weighted by Crippen LogP contribution is 2.36. The molecular weight excluding hydrogens is 254 g/mol. The van der Waals surface area contributed by atoms with E-state index < -0.39 is 17.7 Å². The Morgan fingerprint density at radius 1 is 1.39 bits per heavy atom. The van der Waals surface area contributed by atoms with Crippen LogP contribution in [0.1, 0.15) is 36.4 Å². The molecule has 0 aliphatic carbocycles. The quantitative estimate of drug-likeness (QED) is 0.656. The van der Waals surface area contributed by atoms with Gasteiger partial charge in [-0.2, -0.15) is 11.8 Å². The maximum Gasteiger partial charge on any atom is 0.133 e. The van der Waals surface area contributed by atoms with Crippen LogP contribution in [0.5, 0.6) is 0 Å². The number of aryl methyl sites for hydroxylation is 1. The van der Waals surface area contributed by atoms with Crippen molar-refractivity contribution in [2.24, 2.45) is 5.84 Å². The van der Waals surface area contributed by atoms with Crippen molar-refractivity contribution < 1.29 is 8.78 Å². The maximum atomic E-state index is 14.1. The molecule has 2 nitrogen and oxygen atoms in total. The summed E-state index contributed by atoms with van der Waals surface area (Å²) in [5.74, 6) is 5.55. The van der Waals surface area contributed by atoms with Gasteiger partial charge in [0.15, 0.2) is 0 Å². The molecule has 0 spiro atoms. The number of hydrogen-bond donors (Lipinski definition) is 2. The summed E-state index contributed by atoms with van der Waals surface area (Å²) in [6, 6.07) is 2.30. The molecule has 1 aliphatic rings. The predicted molar refractivity (Wildman–Crippen MR) is 71.3 cm³/mol. The minimum atomic E-state index is -0.521. The zero-order valence-corrected chi connectivity index (χ0v) is 11.2. The molecule has 1 aliphatic heterocycles. The number of nitrogens with one attached hydrogen (secondary N) is 1. The van der Waals surface area contributed by atoms with Crippen LogP contribution in [0, 0.1) is 18.6 Å². The van der Waals surface area contributed by atoms with Gasteiger partial charge in [-0.3, -0.25) is 11.3 Å². The molecule has 1 aromatic carbocycles. The van der Waals surface area contributed by atoms with Gasteiger partial charge in [0.25, 0.3) is 0 Å². The topological polar surface area (TPSA) is 38.0 Å². The molecule has 2 unspecified atom stereocenters. The average Bonchev–Trinajstić information content (AvgIpc) is 2.40. The van der Waals surface area contributed by atoms with Gasteiger partial charge in [-0.25, -0.2) is 8.78 Å². The lowest BCUT2D eigenvalue weighted by molar-refractivity contribution is 0.441. The lowest BCUT2D eigenvalue weighted by atomic mass is 9.97. The molecule has 1 fully saturated rings. The van der Waals surface area contributed by atoms with Gasteiger partial charge in [-0.1, -0.05) is 12.5 Å². The van der Waals surface area contributed by atoms with Crippen molar-refractivity contribution in [2.75, 3.05) is 5.75 Å². The van der Waals surface area contributed by atoms with Crippen LogP contribution in [-0.2, 0) is 0 Å². The average molecular weight is 272 g/mol. The second-order valence-electron chi connectivity index (χ2n) is 4.64. The highest BCUT2D eigenvalue weighted by atomic mass is 32.2. The normalized spacial score (nSPS) is 21.9. The molecule has 2 rings (SSSR count). The maximum absolute atomic E-state index is 14.1.